The highest BCUT2D eigenvalue weighted by molar-refractivity contribution is 7.98. The van der Waals surface area contributed by atoms with Crippen molar-refractivity contribution in [3.63, 3.8) is 0 Å². The Bertz CT molecular complexity index is 1150. The Hall–Kier alpha value is -2.67. The van der Waals surface area contributed by atoms with Crippen LogP contribution in [0.25, 0.3) is 22.4 Å². The Morgan fingerprint density at radius 1 is 1.12 bits per heavy atom. The van der Waals surface area contributed by atoms with Gasteiger partial charge in [-0.1, -0.05) is 23.9 Å². The maximum absolute atomic E-state index is 13.0. The minimum atomic E-state index is -0.105. The van der Waals surface area contributed by atoms with Gasteiger partial charge in [-0.3, -0.25) is 9.36 Å². The van der Waals surface area contributed by atoms with Crippen molar-refractivity contribution in [2.24, 2.45) is 0 Å². The second kappa shape index (κ2) is 5.45. The van der Waals surface area contributed by atoms with E-state index in [0.29, 0.717) is 22.0 Å². The minimum absolute atomic E-state index is 0.105. The first kappa shape index (κ1) is 14.9. The van der Waals surface area contributed by atoms with Crippen LogP contribution in [0.1, 0.15) is 11.3 Å². The average molecular weight is 337 g/mol. The van der Waals surface area contributed by atoms with Gasteiger partial charge in [-0.2, -0.15) is 9.50 Å². The predicted octanol–water partition coefficient (Wildman–Crippen LogP) is 2.77. The number of pyridine rings is 1. The van der Waals surface area contributed by atoms with Gasteiger partial charge in [-0.05, 0) is 43.9 Å². The number of rotatable bonds is 2. The fourth-order valence-corrected chi connectivity index (χ4v) is 3.17. The summed E-state index contributed by atoms with van der Waals surface area (Å²) in [5, 5.41) is 5.61. The normalized spacial score (nSPS) is 11.5. The fourth-order valence-electron chi connectivity index (χ4n) is 2.84. The molecule has 0 amide bonds. The van der Waals surface area contributed by atoms with Gasteiger partial charge in [0.25, 0.3) is 11.3 Å². The number of nitrogens with zero attached hydrogens (tertiary/aromatic N) is 5. The molecule has 24 heavy (non-hydrogen) atoms. The number of benzene rings is 1. The van der Waals surface area contributed by atoms with Crippen LogP contribution in [0.3, 0.4) is 0 Å². The molecule has 7 heteroatoms. The van der Waals surface area contributed by atoms with Crippen LogP contribution in [0.4, 0.5) is 0 Å². The van der Waals surface area contributed by atoms with E-state index >= 15 is 0 Å². The zero-order valence-electron chi connectivity index (χ0n) is 13.5. The van der Waals surface area contributed by atoms with E-state index in [1.165, 1.54) is 11.8 Å². The van der Waals surface area contributed by atoms with Crippen molar-refractivity contribution in [3.05, 3.63) is 58.1 Å². The second-order valence-electron chi connectivity index (χ2n) is 5.60. The molecule has 0 spiro atoms. The molecule has 4 aromatic rings. The SMILES string of the molecule is CSc1nc2nc(C)c3c(=O)n(-c4cccc(C)c4)ccc3n2n1. The quantitative estimate of drug-likeness (QED) is 0.526. The van der Waals surface area contributed by atoms with Crippen molar-refractivity contribution in [1.29, 1.82) is 0 Å². The fraction of sp³-hybridized carbons (Fsp3) is 0.176. The molecule has 3 aromatic heterocycles. The first-order valence-electron chi connectivity index (χ1n) is 7.48. The Morgan fingerprint density at radius 2 is 1.96 bits per heavy atom. The highest BCUT2D eigenvalue weighted by atomic mass is 32.2. The molecule has 0 radical (unpaired) electrons. The third-order valence-electron chi connectivity index (χ3n) is 3.96. The summed E-state index contributed by atoms with van der Waals surface area (Å²) in [4.78, 5) is 21.8. The summed E-state index contributed by atoms with van der Waals surface area (Å²) in [6.07, 6.45) is 3.69. The van der Waals surface area contributed by atoms with Gasteiger partial charge in [-0.25, -0.2) is 4.98 Å². The molecule has 6 nitrogen and oxygen atoms in total. The first-order chi connectivity index (χ1) is 11.6. The number of hydrogen-bond donors (Lipinski definition) is 0. The van der Waals surface area contributed by atoms with Gasteiger partial charge in [0.15, 0.2) is 0 Å². The largest absolute Gasteiger partial charge is 0.284 e. The standard InChI is InChI=1S/C17H15N5OS/c1-10-5-4-6-12(9-10)21-8-7-13-14(15(21)23)11(2)18-16-19-17(24-3)20-22(13)16/h4-9H,1-3H3. The van der Waals surface area contributed by atoms with Crippen LogP contribution >= 0.6 is 11.8 Å². The van der Waals surface area contributed by atoms with Gasteiger partial charge in [0, 0.05) is 11.9 Å². The van der Waals surface area contributed by atoms with Crippen molar-refractivity contribution < 1.29 is 0 Å². The Balaban J connectivity index is 2.08. The van der Waals surface area contributed by atoms with Gasteiger partial charge in [0.2, 0.25) is 5.16 Å². The van der Waals surface area contributed by atoms with E-state index in [4.69, 9.17) is 0 Å². The van der Waals surface area contributed by atoms with Gasteiger partial charge >= 0.3 is 0 Å². The number of fused-ring (bicyclic) bond motifs is 3. The summed E-state index contributed by atoms with van der Waals surface area (Å²) in [5.74, 6) is 0.511. The molecule has 0 N–H and O–H groups in total. The average Bonchev–Trinajstić information content (AvgIpc) is 2.98. The van der Waals surface area contributed by atoms with E-state index in [-0.39, 0.29) is 5.56 Å². The van der Waals surface area contributed by atoms with Gasteiger partial charge < -0.3 is 0 Å². The van der Waals surface area contributed by atoms with Crippen molar-refractivity contribution in [2.75, 3.05) is 6.26 Å². The van der Waals surface area contributed by atoms with Crippen LogP contribution in [0.15, 0.2) is 46.5 Å². The van der Waals surface area contributed by atoms with E-state index < -0.39 is 0 Å². The molecule has 0 saturated heterocycles. The summed E-state index contributed by atoms with van der Waals surface area (Å²) in [5.41, 5.74) is 3.21. The number of hydrogen-bond acceptors (Lipinski definition) is 5. The lowest BCUT2D eigenvalue weighted by molar-refractivity contribution is 0.901. The van der Waals surface area contributed by atoms with Crippen LogP contribution in [0, 0.1) is 13.8 Å². The van der Waals surface area contributed by atoms with Crippen molar-refractivity contribution in [2.45, 2.75) is 19.0 Å². The molecule has 0 unspecified atom stereocenters. The molecule has 0 aliphatic rings. The van der Waals surface area contributed by atoms with Gasteiger partial charge in [0.05, 0.1) is 16.6 Å². The smallest absolute Gasteiger partial charge is 0.266 e. The van der Waals surface area contributed by atoms with E-state index in [1.807, 2.05) is 50.4 Å². The molecule has 0 bridgehead atoms. The molecule has 3 heterocycles. The zero-order valence-corrected chi connectivity index (χ0v) is 14.3. The lowest BCUT2D eigenvalue weighted by Gasteiger charge is -2.09. The van der Waals surface area contributed by atoms with Crippen molar-refractivity contribution in [3.8, 4) is 5.69 Å². The van der Waals surface area contributed by atoms with Gasteiger partial charge in [0.1, 0.15) is 0 Å². The number of aromatic nitrogens is 5. The Labute approximate surface area is 142 Å². The molecular formula is C17H15N5OS. The maximum Gasteiger partial charge on any atom is 0.266 e. The molecule has 0 atom stereocenters. The lowest BCUT2D eigenvalue weighted by Crippen LogP contribution is -2.20. The maximum atomic E-state index is 13.0. The second-order valence-corrected chi connectivity index (χ2v) is 6.37. The van der Waals surface area contributed by atoms with Gasteiger partial charge in [-0.15, -0.1) is 5.10 Å². The predicted molar refractivity (Wildman–Crippen MR) is 95.1 cm³/mol. The lowest BCUT2D eigenvalue weighted by atomic mass is 10.2. The van der Waals surface area contributed by atoms with E-state index in [0.717, 1.165) is 16.8 Å². The summed E-state index contributed by atoms with van der Waals surface area (Å²) in [6.45, 7) is 3.84. The number of aryl methyl sites for hydroxylation is 2. The molecule has 4 rings (SSSR count). The summed E-state index contributed by atoms with van der Waals surface area (Å²) >= 11 is 1.45. The molecule has 120 valence electrons. The molecule has 1 aromatic carbocycles. The summed E-state index contributed by atoms with van der Waals surface area (Å²) in [6, 6.07) is 9.74. The first-order valence-corrected chi connectivity index (χ1v) is 8.71. The third-order valence-corrected chi connectivity index (χ3v) is 4.50. The molecule has 0 fully saturated rings. The monoisotopic (exact) mass is 337 g/mol. The topological polar surface area (TPSA) is 65.1 Å². The molecule has 0 aliphatic heterocycles. The van der Waals surface area contributed by atoms with Crippen LogP contribution in [0.2, 0.25) is 0 Å². The van der Waals surface area contributed by atoms with Crippen LogP contribution in [0.5, 0.6) is 0 Å². The highest BCUT2D eigenvalue weighted by Gasteiger charge is 2.14. The molecule has 0 aliphatic carbocycles. The summed E-state index contributed by atoms with van der Waals surface area (Å²) in [7, 11) is 0. The van der Waals surface area contributed by atoms with Crippen LogP contribution in [-0.2, 0) is 0 Å². The van der Waals surface area contributed by atoms with E-state index in [9.17, 15) is 4.79 Å². The van der Waals surface area contributed by atoms with Crippen molar-refractivity contribution >= 4 is 28.4 Å². The zero-order chi connectivity index (χ0) is 16.8. The summed E-state index contributed by atoms with van der Waals surface area (Å²) < 4.78 is 3.28. The molecular weight excluding hydrogens is 322 g/mol. The van der Waals surface area contributed by atoms with Crippen LogP contribution < -0.4 is 5.56 Å². The van der Waals surface area contributed by atoms with E-state index in [1.54, 1.807) is 15.3 Å². The number of thioether (sulfide) groups is 1. The molecule has 0 saturated carbocycles. The highest BCUT2D eigenvalue weighted by Crippen LogP contribution is 2.18. The Kier molecular flexibility index (Phi) is 3.38. The third kappa shape index (κ3) is 2.20. The minimum Gasteiger partial charge on any atom is -0.284 e. The van der Waals surface area contributed by atoms with Crippen LogP contribution in [-0.4, -0.2) is 30.4 Å². The van der Waals surface area contributed by atoms with E-state index in [2.05, 4.69) is 15.1 Å². The Morgan fingerprint density at radius 3 is 2.71 bits per heavy atom. The van der Waals surface area contributed by atoms with Crippen molar-refractivity contribution in [1.82, 2.24) is 24.1 Å².